The van der Waals surface area contributed by atoms with Crippen LogP contribution in [0.2, 0.25) is 0 Å². The molecule has 12 heteroatoms. The van der Waals surface area contributed by atoms with E-state index in [1.54, 1.807) is 6.08 Å². The third kappa shape index (κ3) is 6.31. The summed E-state index contributed by atoms with van der Waals surface area (Å²) < 4.78 is 105. The fraction of sp³-hybridized carbons (Fsp3) is 0.318. The zero-order valence-corrected chi connectivity index (χ0v) is 18.5. The molecule has 0 N–H and O–H groups in total. The third-order valence-electron chi connectivity index (χ3n) is 5.08. The van der Waals surface area contributed by atoms with Crippen LogP contribution in [0.15, 0.2) is 53.4 Å². The van der Waals surface area contributed by atoms with Crippen molar-refractivity contribution in [2.45, 2.75) is 23.7 Å². The van der Waals surface area contributed by atoms with Gasteiger partial charge in [-0.2, -0.15) is 26.3 Å². The number of nitrogens with zero attached hydrogens (tertiary/aromatic N) is 1. The lowest BCUT2D eigenvalue weighted by Gasteiger charge is -2.27. The molecule has 5 nitrogen and oxygen atoms in total. The number of hydrogen-bond acceptors (Lipinski definition) is 4. The van der Waals surface area contributed by atoms with Gasteiger partial charge < -0.3 is 9.64 Å². The molecule has 0 saturated heterocycles. The van der Waals surface area contributed by atoms with Crippen molar-refractivity contribution in [2.24, 2.45) is 0 Å². The van der Waals surface area contributed by atoms with Gasteiger partial charge in [-0.25, -0.2) is 8.42 Å². The Hall–Kier alpha value is -3.02. The monoisotopic (exact) mass is 507 g/mol. The van der Waals surface area contributed by atoms with Crippen LogP contribution in [0.5, 0.6) is 5.75 Å². The Balaban J connectivity index is 1.83. The lowest BCUT2D eigenvalue weighted by atomic mass is 9.98. The van der Waals surface area contributed by atoms with Crippen LogP contribution in [0.1, 0.15) is 27.9 Å². The van der Waals surface area contributed by atoms with Crippen molar-refractivity contribution in [3.63, 3.8) is 0 Å². The lowest BCUT2D eigenvalue weighted by Crippen LogP contribution is -2.35. The summed E-state index contributed by atoms with van der Waals surface area (Å²) in [5.74, 6) is -1.14. The molecule has 0 fully saturated rings. The molecule has 0 radical (unpaired) electrons. The highest BCUT2D eigenvalue weighted by atomic mass is 32.2. The van der Waals surface area contributed by atoms with Crippen LogP contribution in [-0.2, 0) is 16.0 Å². The van der Waals surface area contributed by atoms with Crippen LogP contribution in [0, 0.1) is 0 Å². The Labute approximate surface area is 191 Å². The van der Waals surface area contributed by atoms with E-state index in [4.69, 9.17) is 4.74 Å². The van der Waals surface area contributed by atoms with Gasteiger partial charge in [0.05, 0.1) is 16.0 Å². The number of amides is 1. The molecular formula is C22H19F6NO4S. The normalized spacial score (nSPS) is 15.1. The molecule has 1 aliphatic rings. The first-order valence-electron chi connectivity index (χ1n) is 9.85. The molecule has 1 aliphatic heterocycles. The molecule has 2 aromatic carbocycles. The molecule has 0 unspecified atom stereocenters. The molecule has 2 aromatic rings. The van der Waals surface area contributed by atoms with Gasteiger partial charge in [-0.3, -0.25) is 4.79 Å². The fourth-order valence-corrected chi connectivity index (χ4v) is 4.00. The topological polar surface area (TPSA) is 63.7 Å². The van der Waals surface area contributed by atoms with E-state index in [0.717, 1.165) is 36.6 Å². The predicted molar refractivity (Wildman–Crippen MR) is 111 cm³/mol. The Bertz CT molecular complexity index is 1200. The molecular weight excluding hydrogens is 488 g/mol. The summed E-state index contributed by atoms with van der Waals surface area (Å²) in [4.78, 5) is 14.1. The molecule has 0 aliphatic carbocycles. The summed E-state index contributed by atoms with van der Waals surface area (Å²) in [5, 5.41) is 0. The van der Waals surface area contributed by atoms with Crippen molar-refractivity contribution in [3.05, 3.63) is 65.2 Å². The number of alkyl halides is 6. The van der Waals surface area contributed by atoms with E-state index in [0.29, 0.717) is 11.1 Å². The van der Waals surface area contributed by atoms with Crippen LogP contribution in [0.3, 0.4) is 0 Å². The first kappa shape index (κ1) is 25.6. The van der Waals surface area contributed by atoms with Gasteiger partial charge >= 0.3 is 12.4 Å². The summed E-state index contributed by atoms with van der Waals surface area (Å²) in [6.45, 7) is -1.52. The van der Waals surface area contributed by atoms with E-state index in [1.807, 2.05) is 0 Å². The third-order valence-corrected chi connectivity index (χ3v) is 6.19. The highest BCUT2D eigenvalue weighted by Crippen LogP contribution is 2.32. The van der Waals surface area contributed by atoms with Crippen molar-refractivity contribution in [1.29, 1.82) is 0 Å². The van der Waals surface area contributed by atoms with Gasteiger partial charge in [0.1, 0.15) is 5.75 Å². The fourth-order valence-electron chi connectivity index (χ4n) is 3.35. The van der Waals surface area contributed by atoms with Crippen LogP contribution >= 0.6 is 0 Å². The average Bonchev–Trinajstić information content (AvgIpc) is 2.75. The molecule has 3 rings (SSSR count). The second-order valence-electron chi connectivity index (χ2n) is 7.64. The summed E-state index contributed by atoms with van der Waals surface area (Å²) in [5.41, 5.74) is 0.129. The maximum atomic E-state index is 13.0. The van der Waals surface area contributed by atoms with Gasteiger partial charge in [-0.05, 0) is 47.9 Å². The Kier molecular flexibility index (Phi) is 7.02. The Morgan fingerprint density at radius 1 is 1.03 bits per heavy atom. The molecule has 0 atom stereocenters. The molecule has 0 aromatic heterocycles. The smallest absolute Gasteiger partial charge is 0.422 e. The van der Waals surface area contributed by atoms with E-state index in [1.165, 1.54) is 17.0 Å². The summed E-state index contributed by atoms with van der Waals surface area (Å²) >= 11 is 0. The minimum atomic E-state index is -4.67. The predicted octanol–water partition coefficient (Wildman–Crippen LogP) is 4.98. The number of hydrogen-bond donors (Lipinski definition) is 0. The van der Waals surface area contributed by atoms with Gasteiger partial charge in [0.2, 0.25) is 0 Å². The quantitative estimate of drug-likeness (QED) is 0.536. The standard InChI is InChI=1S/C22H19F6NO4S/c1-34(31,32)17-6-7-19(33-13-21(23,24)25)18(12-17)20(30)29-10-8-15(9-11-29)14-2-4-16(5-3-14)22(26,27)28/h2-8,12H,9-11,13H2,1H3. The minimum Gasteiger partial charge on any atom is -0.483 e. The number of ether oxygens (including phenoxy) is 1. The molecule has 0 saturated carbocycles. The van der Waals surface area contributed by atoms with Gasteiger partial charge in [0, 0.05) is 19.3 Å². The number of benzene rings is 2. The Morgan fingerprint density at radius 2 is 1.68 bits per heavy atom. The van der Waals surface area contributed by atoms with Crippen molar-refractivity contribution < 1.29 is 44.3 Å². The summed E-state index contributed by atoms with van der Waals surface area (Å²) in [6, 6.07) is 7.58. The van der Waals surface area contributed by atoms with Gasteiger partial charge in [-0.1, -0.05) is 18.2 Å². The number of carbonyl (C=O) groups is 1. The number of sulfone groups is 1. The second kappa shape index (κ2) is 9.32. The van der Waals surface area contributed by atoms with Crippen molar-refractivity contribution >= 4 is 21.3 Å². The lowest BCUT2D eigenvalue weighted by molar-refractivity contribution is -0.153. The van der Waals surface area contributed by atoms with E-state index in [9.17, 15) is 39.6 Å². The van der Waals surface area contributed by atoms with Gasteiger partial charge in [0.25, 0.3) is 5.91 Å². The number of halogens is 6. The van der Waals surface area contributed by atoms with Gasteiger partial charge in [-0.15, -0.1) is 0 Å². The number of carbonyl (C=O) groups excluding carboxylic acids is 1. The van der Waals surface area contributed by atoms with Crippen LogP contribution < -0.4 is 4.74 Å². The minimum absolute atomic E-state index is 0.0248. The summed E-state index contributed by atoms with van der Waals surface area (Å²) in [6.07, 6.45) is -6.33. The SMILES string of the molecule is CS(=O)(=O)c1ccc(OCC(F)(F)F)c(C(=O)N2CC=C(c3ccc(C(F)(F)F)cc3)CC2)c1. The maximum Gasteiger partial charge on any atom is 0.422 e. The van der Waals surface area contributed by atoms with Crippen molar-refractivity contribution in [3.8, 4) is 5.75 Å². The van der Waals surface area contributed by atoms with Crippen molar-refractivity contribution in [1.82, 2.24) is 4.90 Å². The first-order chi connectivity index (χ1) is 15.6. The van der Waals surface area contributed by atoms with Crippen LogP contribution in [-0.4, -0.2) is 51.4 Å². The van der Waals surface area contributed by atoms with E-state index in [-0.39, 0.29) is 30.0 Å². The van der Waals surface area contributed by atoms with Crippen LogP contribution in [0.25, 0.3) is 5.57 Å². The second-order valence-corrected chi connectivity index (χ2v) is 9.66. The van der Waals surface area contributed by atoms with Gasteiger partial charge in [0.15, 0.2) is 16.4 Å². The Morgan fingerprint density at radius 3 is 2.18 bits per heavy atom. The number of rotatable bonds is 5. The van der Waals surface area contributed by atoms with E-state index >= 15 is 0 Å². The highest BCUT2D eigenvalue weighted by Gasteiger charge is 2.31. The first-order valence-corrected chi connectivity index (χ1v) is 11.7. The molecule has 34 heavy (non-hydrogen) atoms. The molecule has 184 valence electrons. The molecule has 1 amide bonds. The van der Waals surface area contributed by atoms with Crippen LogP contribution in [0.4, 0.5) is 26.3 Å². The largest absolute Gasteiger partial charge is 0.483 e. The van der Waals surface area contributed by atoms with E-state index < -0.39 is 46.0 Å². The molecule has 1 heterocycles. The zero-order chi connectivity index (χ0) is 25.3. The van der Waals surface area contributed by atoms with E-state index in [2.05, 4.69) is 0 Å². The summed E-state index contributed by atoms with van der Waals surface area (Å²) in [7, 11) is -3.75. The highest BCUT2D eigenvalue weighted by molar-refractivity contribution is 7.90. The zero-order valence-electron chi connectivity index (χ0n) is 17.7. The van der Waals surface area contributed by atoms with Crippen molar-refractivity contribution in [2.75, 3.05) is 26.0 Å². The average molecular weight is 507 g/mol. The maximum absolute atomic E-state index is 13.0. The molecule has 0 spiro atoms. The molecule has 0 bridgehead atoms.